The molecule has 1 aliphatic heterocycles. The van der Waals surface area contributed by atoms with Crippen LogP contribution in [0.25, 0.3) is 22.1 Å². The van der Waals surface area contributed by atoms with Gasteiger partial charge in [-0.15, -0.1) is 0 Å². The Hall–Kier alpha value is -6.82. The second kappa shape index (κ2) is 17.0. The van der Waals surface area contributed by atoms with Crippen molar-refractivity contribution in [3.8, 4) is 5.75 Å². The molecule has 0 spiro atoms. The molecule has 0 radical (unpaired) electrons. The van der Waals surface area contributed by atoms with E-state index in [1.54, 1.807) is 75.1 Å². The Morgan fingerprint density at radius 1 is 0.754 bits per heavy atom. The third kappa shape index (κ3) is 8.22. The van der Waals surface area contributed by atoms with E-state index in [1.807, 2.05) is 50.7 Å². The second-order valence-corrected chi connectivity index (χ2v) is 15.6. The predicted octanol–water partition coefficient (Wildman–Crippen LogP) is 3.45. The molecular formula is C43H52N12O6. The van der Waals surface area contributed by atoms with E-state index in [1.165, 1.54) is 0 Å². The van der Waals surface area contributed by atoms with Crippen LogP contribution in [0.1, 0.15) is 87.2 Å². The number of carbonyl (C=O) groups excluding carboxylic acids is 4. The molecule has 1 fully saturated rings. The molecular weight excluding hydrogens is 781 g/mol. The smallest absolute Gasteiger partial charge is 0.298 e. The number of aromatic nitrogens is 8. The zero-order valence-corrected chi connectivity index (χ0v) is 35.9. The maximum absolute atomic E-state index is 14.0. The van der Waals surface area contributed by atoms with Crippen LogP contribution in [0.5, 0.6) is 5.75 Å². The minimum absolute atomic E-state index is 0.159. The van der Waals surface area contributed by atoms with Gasteiger partial charge in [-0.25, -0.2) is 0 Å². The molecule has 1 unspecified atom stereocenters. The van der Waals surface area contributed by atoms with Crippen molar-refractivity contribution in [3.05, 3.63) is 98.7 Å². The average molecular weight is 833 g/mol. The van der Waals surface area contributed by atoms with Crippen LogP contribution in [0.3, 0.4) is 0 Å². The van der Waals surface area contributed by atoms with Crippen molar-refractivity contribution in [1.29, 1.82) is 0 Å². The van der Waals surface area contributed by atoms with Gasteiger partial charge in [-0.2, -0.15) is 20.2 Å². The van der Waals surface area contributed by atoms with E-state index < -0.39 is 23.6 Å². The lowest BCUT2D eigenvalue weighted by molar-refractivity contribution is 0.0977. The largest absolute Gasteiger partial charge is 0.491 e. The Labute approximate surface area is 351 Å². The molecule has 1 aliphatic rings. The number of hydrogen-bond donors (Lipinski definition) is 2. The number of rotatable bonds is 13. The summed E-state index contributed by atoms with van der Waals surface area (Å²) < 4.78 is 22.7. The Bertz CT molecular complexity index is 2920. The molecule has 0 bridgehead atoms. The van der Waals surface area contributed by atoms with Crippen molar-refractivity contribution in [3.63, 3.8) is 0 Å². The molecule has 6 aromatic rings. The number of hydrogen-bond acceptors (Lipinski definition) is 8. The number of carbonyl (C=O) groups is 4. The number of imidazole rings is 2. The molecule has 0 aliphatic carbocycles. The molecule has 4 amide bonds. The summed E-state index contributed by atoms with van der Waals surface area (Å²) in [5.74, 6) is -1.59. The Kier molecular flexibility index (Phi) is 11.8. The molecule has 5 heterocycles. The molecule has 1 atom stereocenters. The number of benzene rings is 2. The molecule has 2 aromatic carbocycles. The van der Waals surface area contributed by atoms with E-state index in [4.69, 9.17) is 25.9 Å². The zero-order valence-electron chi connectivity index (χ0n) is 35.9. The van der Waals surface area contributed by atoms with E-state index in [0.717, 1.165) is 23.1 Å². The number of allylic oxidation sites excluding steroid dienone is 2. The minimum atomic E-state index is -0.628. The number of ether oxygens (including phenoxy) is 2. The van der Waals surface area contributed by atoms with Gasteiger partial charge >= 0.3 is 0 Å². The van der Waals surface area contributed by atoms with E-state index in [-0.39, 0.29) is 18.0 Å². The Morgan fingerprint density at radius 3 is 1.84 bits per heavy atom. The van der Waals surface area contributed by atoms with Gasteiger partial charge in [0.05, 0.1) is 41.2 Å². The van der Waals surface area contributed by atoms with Gasteiger partial charge in [0, 0.05) is 63.9 Å². The van der Waals surface area contributed by atoms with Crippen molar-refractivity contribution >= 4 is 45.7 Å². The summed E-state index contributed by atoms with van der Waals surface area (Å²) in [5.41, 5.74) is 19.2. The monoisotopic (exact) mass is 832 g/mol. The molecule has 61 heavy (non-hydrogen) atoms. The lowest BCUT2D eigenvalue weighted by Crippen LogP contribution is -2.28. The molecule has 320 valence electrons. The number of amides is 4. The standard InChI is InChI=1S/C43H52N12O6/c1-9-54-34(15-26(5)48-54)40(58)46-42-50(7)32-17-29(38(44)56)11-12-31(32)52(42)20-24(3)25(4)21-53-37-33(18-30(39(45)57)19-36(37)61-23-28-13-14-60-22-28)51(8)43(53)47-41(59)35-16-27(6)49-55(35)10-2/h11-12,15-19,28H,9-10,13-14,20-23H2,1-8H3,(H2,44,56)(H2,45,57)/b25-24+,46-42?,47-43?. The summed E-state index contributed by atoms with van der Waals surface area (Å²) in [7, 11) is 3.56. The van der Waals surface area contributed by atoms with Gasteiger partial charge in [0.1, 0.15) is 22.7 Å². The Morgan fingerprint density at radius 2 is 1.30 bits per heavy atom. The van der Waals surface area contributed by atoms with Crippen molar-refractivity contribution < 1.29 is 28.7 Å². The Balaban J connectivity index is 1.40. The van der Waals surface area contributed by atoms with Gasteiger partial charge in [-0.1, -0.05) is 11.1 Å². The van der Waals surface area contributed by atoms with Crippen LogP contribution in [0.4, 0.5) is 0 Å². The number of nitrogens with two attached hydrogens (primary N) is 2. The highest BCUT2D eigenvalue weighted by atomic mass is 16.5. The average Bonchev–Trinajstić information content (AvgIpc) is 4.07. The van der Waals surface area contributed by atoms with Crippen LogP contribution in [0.2, 0.25) is 0 Å². The van der Waals surface area contributed by atoms with Crippen LogP contribution in [0.15, 0.2) is 63.6 Å². The number of primary amides is 2. The molecule has 7 rings (SSSR count). The van der Waals surface area contributed by atoms with E-state index in [9.17, 15) is 19.2 Å². The van der Waals surface area contributed by atoms with Crippen LogP contribution >= 0.6 is 0 Å². The highest BCUT2D eigenvalue weighted by Crippen LogP contribution is 2.30. The van der Waals surface area contributed by atoms with Gasteiger partial charge < -0.3 is 39.2 Å². The summed E-state index contributed by atoms with van der Waals surface area (Å²) in [6.45, 7) is 14.5. The second-order valence-electron chi connectivity index (χ2n) is 15.6. The fourth-order valence-corrected chi connectivity index (χ4v) is 7.79. The summed E-state index contributed by atoms with van der Waals surface area (Å²) in [5, 5.41) is 8.90. The highest BCUT2D eigenvalue weighted by molar-refractivity contribution is 5.99. The predicted molar refractivity (Wildman–Crippen MR) is 227 cm³/mol. The SMILES string of the molecule is CCn1nc(C)cc1C(=O)N=c1n(C)c2cc(C(N)=O)ccc2n1C/C(C)=C(\C)Cn1c(=NC(=O)c2cc(C)nn2CC)n(C)c2cc(C(N)=O)cc(OCC3CCOC3)c21. The first kappa shape index (κ1) is 42.3. The first-order chi connectivity index (χ1) is 29.1. The van der Waals surface area contributed by atoms with Gasteiger partial charge in [0.15, 0.2) is 0 Å². The number of fused-ring (bicyclic) bond motifs is 2. The third-order valence-electron chi connectivity index (χ3n) is 11.2. The first-order valence-corrected chi connectivity index (χ1v) is 20.2. The van der Waals surface area contributed by atoms with Crippen LogP contribution < -0.4 is 27.4 Å². The zero-order chi connectivity index (χ0) is 43.9. The minimum Gasteiger partial charge on any atom is -0.491 e. The van der Waals surface area contributed by atoms with Gasteiger partial charge in [-0.05, 0) is 90.4 Å². The van der Waals surface area contributed by atoms with Gasteiger partial charge in [0.2, 0.25) is 23.1 Å². The molecule has 18 nitrogen and oxygen atoms in total. The molecule has 18 heteroatoms. The van der Waals surface area contributed by atoms with Crippen LogP contribution in [-0.4, -0.2) is 81.3 Å². The normalized spacial score (nSPS) is 15.3. The maximum Gasteiger partial charge on any atom is 0.298 e. The molecule has 1 saturated heterocycles. The van der Waals surface area contributed by atoms with Gasteiger partial charge in [-0.3, -0.25) is 28.5 Å². The van der Waals surface area contributed by atoms with Crippen molar-refractivity contribution in [2.24, 2.45) is 41.5 Å². The number of nitrogens with zero attached hydrogens (tertiary/aromatic N) is 10. The topological polar surface area (TPSA) is 219 Å². The first-order valence-electron chi connectivity index (χ1n) is 20.2. The summed E-state index contributed by atoms with van der Waals surface area (Å²) in [4.78, 5) is 62.1. The van der Waals surface area contributed by atoms with Crippen molar-refractivity contribution in [2.75, 3.05) is 19.8 Å². The highest BCUT2D eigenvalue weighted by Gasteiger charge is 2.24. The van der Waals surface area contributed by atoms with E-state index >= 15 is 0 Å². The molecule has 4 N–H and O–H groups in total. The summed E-state index contributed by atoms with van der Waals surface area (Å²) in [6, 6.07) is 11.9. The molecule has 4 aromatic heterocycles. The quantitative estimate of drug-likeness (QED) is 0.164. The lowest BCUT2D eigenvalue weighted by atomic mass is 10.1. The lowest BCUT2D eigenvalue weighted by Gasteiger charge is -2.16. The van der Waals surface area contributed by atoms with Crippen LogP contribution in [-0.2, 0) is 45.0 Å². The fourth-order valence-electron chi connectivity index (χ4n) is 7.79. The van der Waals surface area contributed by atoms with E-state index in [2.05, 4.69) is 15.2 Å². The summed E-state index contributed by atoms with van der Waals surface area (Å²) in [6.07, 6.45) is 0.839. The maximum atomic E-state index is 14.0. The number of aryl methyl sites for hydroxylation is 6. The molecule has 0 saturated carbocycles. The third-order valence-corrected chi connectivity index (χ3v) is 11.2. The fraction of sp³-hybridized carbons (Fsp3) is 0.395. The van der Waals surface area contributed by atoms with Crippen molar-refractivity contribution in [1.82, 2.24) is 37.8 Å². The summed E-state index contributed by atoms with van der Waals surface area (Å²) >= 11 is 0. The van der Waals surface area contributed by atoms with E-state index in [0.29, 0.717) is 101 Å². The van der Waals surface area contributed by atoms with Gasteiger partial charge in [0.25, 0.3) is 11.8 Å². The van der Waals surface area contributed by atoms with Crippen LogP contribution in [0, 0.1) is 19.8 Å². The van der Waals surface area contributed by atoms with Crippen molar-refractivity contribution in [2.45, 2.75) is 74.1 Å².